The Morgan fingerprint density at radius 3 is 2.64 bits per heavy atom. The van der Waals surface area contributed by atoms with E-state index in [1.165, 1.54) is 13.2 Å². The Morgan fingerprint density at radius 1 is 1.11 bits per heavy atom. The Hall–Kier alpha value is -2.50. The van der Waals surface area contributed by atoms with Crippen molar-refractivity contribution in [1.29, 1.82) is 0 Å². The quantitative estimate of drug-likeness (QED) is 0.564. The molecule has 146 valence electrons. The number of esters is 1. The van der Waals surface area contributed by atoms with E-state index in [1.54, 1.807) is 17.0 Å². The van der Waals surface area contributed by atoms with Crippen LogP contribution in [0.25, 0.3) is 10.9 Å². The Labute approximate surface area is 173 Å². The number of amides is 1. The van der Waals surface area contributed by atoms with Crippen LogP contribution in [-0.4, -0.2) is 42.0 Å². The Kier molecular flexibility index (Phi) is 6.60. The highest BCUT2D eigenvalue weighted by Crippen LogP contribution is 2.23. The van der Waals surface area contributed by atoms with Gasteiger partial charge in [-0.15, -0.1) is 0 Å². The first kappa shape index (κ1) is 20.2. The van der Waals surface area contributed by atoms with Gasteiger partial charge in [-0.3, -0.25) is 9.59 Å². The maximum atomic E-state index is 13.0. The number of fused-ring (bicyclic) bond motifs is 1. The summed E-state index contributed by atoms with van der Waals surface area (Å²) < 4.78 is 4.71. The third-order valence-corrected chi connectivity index (χ3v) is 5.14. The minimum absolute atomic E-state index is 0.112. The maximum Gasteiger partial charge on any atom is 0.307 e. The van der Waals surface area contributed by atoms with E-state index in [4.69, 9.17) is 27.9 Å². The first-order valence-electron chi connectivity index (χ1n) is 8.85. The molecule has 0 unspecified atom stereocenters. The van der Waals surface area contributed by atoms with Gasteiger partial charge in [0.2, 0.25) is 0 Å². The zero-order valence-electron chi connectivity index (χ0n) is 15.4. The number of methoxy groups -OCH3 is 1. The first-order chi connectivity index (χ1) is 13.5. The van der Waals surface area contributed by atoms with Crippen LogP contribution < -0.4 is 0 Å². The lowest BCUT2D eigenvalue weighted by Crippen LogP contribution is -2.35. The summed E-state index contributed by atoms with van der Waals surface area (Å²) in [7, 11) is 1.33. The molecule has 1 heterocycles. The highest BCUT2D eigenvalue weighted by molar-refractivity contribution is 6.36. The van der Waals surface area contributed by atoms with E-state index in [1.807, 2.05) is 30.5 Å². The number of ether oxygens (including phenoxy) is 1. The monoisotopic (exact) mass is 418 g/mol. The summed E-state index contributed by atoms with van der Waals surface area (Å²) in [5, 5.41) is 1.86. The van der Waals surface area contributed by atoms with Gasteiger partial charge in [-0.25, -0.2) is 0 Å². The van der Waals surface area contributed by atoms with Gasteiger partial charge in [-0.05, 0) is 36.2 Å². The average Bonchev–Trinajstić information content (AvgIpc) is 3.10. The van der Waals surface area contributed by atoms with Gasteiger partial charge < -0.3 is 14.6 Å². The minimum atomic E-state index is -0.368. The zero-order chi connectivity index (χ0) is 20.1. The van der Waals surface area contributed by atoms with Crippen LogP contribution in [0.5, 0.6) is 0 Å². The second-order valence-corrected chi connectivity index (χ2v) is 7.20. The van der Waals surface area contributed by atoms with E-state index >= 15 is 0 Å². The second-order valence-electron chi connectivity index (χ2n) is 6.35. The summed E-state index contributed by atoms with van der Waals surface area (Å²) in [6.45, 7) is 0.684. The number of para-hydroxylation sites is 1. The van der Waals surface area contributed by atoms with E-state index < -0.39 is 0 Å². The summed E-state index contributed by atoms with van der Waals surface area (Å²) in [5.74, 6) is -0.613. The lowest BCUT2D eigenvalue weighted by molar-refractivity contribution is -0.140. The lowest BCUT2D eigenvalue weighted by Gasteiger charge is -2.23. The molecule has 2 aromatic carbocycles. The smallest absolute Gasteiger partial charge is 0.307 e. The maximum absolute atomic E-state index is 13.0. The molecule has 0 atom stereocenters. The molecule has 5 nitrogen and oxygen atoms in total. The number of benzene rings is 2. The largest absolute Gasteiger partial charge is 0.469 e. The number of aromatic amines is 1. The molecule has 0 saturated carbocycles. The molecule has 0 radical (unpaired) electrons. The van der Waals surface area contributed by atoms with Gasteiger partial charge in [-0.1, -0.05) is 41.4 Å². The number of carbonyl (C=O) groups excluding carboxylic acids is 2. The number of aromatic nitrogens is 1. The highest BCUT2D eigenvalue weighted by atomic mass is 35.5. The van der Waals surface area contributed by atoms with Gasteiger partial charge in [0.25, 0.3) is 5.91 Å². The molecule has 0 aliphatic rings. The summed E-state index contributed by atoms with van der Waals surface area (Å²) in [6.07, 6.45) is 2.70. The van der Waals surface area contributed by atoms with E-state index in [9.17, 15) is 9.59 Å². The van der Waals surface area contributed by atoms with Gasteiger partial charge >= 0.3 is 5.97 Å². The standard InChI is InChI=1S/C21H20Cl2N2O3/c1-28-20(26)9-11-25(21(27)17-7-6-15(22)12-18(17)23)10-8-14-13-24-19-5-3-2-4-16(14)19/h2-7,12-13,24H,8-11H2,1H3. The second kappa shape index (κ2) is 9.13. The fourth-order valence-corrected chi connectivity index (χ4v) is 3.56. The predicted octanol–water partition coefficient (Wildman–Crippen LogP) is 4.72. The number of H-pyrrole nitrogens is 1. The fraction of sp³-hybridized carbons (Fsp3) is 0.238. The molecule has 1 aromatic heterocycles. The minimum Gasteiger partial charge on any atom is -0.469 e. The van der Waals surface area contributed by atoms with Crippen LogP contribution in [0.1, 0.15) is 22.3 Å². The van der Waals surface area contributed by atoms with Gasteiger partial charge in [0.15, 0.2) is 0 Å². The van der Waals surface area contributed by atoms with Crippen LogP contribution >= 0.6 is 23.2 Å². The van der Waals surface area contributed by atoms with Crippen LogP contribution in [0.3, 0.4) is 0 Å². The number of hydrogen-bond acceptors (Lipinski definition) is 3. The molecular formula is C21H20Cl2N2O3. The van der Waals surface area contributed by atoms with Gasteiger partial charge in [0.05, 0.1) is 24.1 Å². The Bertz CT molecular complexity index is 1000. The summed E-state index contributed by atoms with van der Waals surface area (Å²) in [5.41, 5.74) is 2.51. The summed E-state index contributed by atoms with van der Waals surface area (Å²) >= 11 is 12.1. The Morgan fingerprint density at radius 2 is 1.89 bits per heavy atom. The number of nitrogens with one attached hydrogen (secondary N) is 1. The number of carbonyl (C=O) groups is 2. The van der Waals surface area contributed by atoms with Crippen molar-refractivity contribution in [3.05, 3.63) is 69.8 Å². The van der Waals surface area contributed by atoms with Crippen LogP contribution in [0.4, 0.5) is 0 Å². The van der Waals surface area contributed by atoms with E-state index in [0.717, 1.165) is 16.5 Å². The molecule has 0 aliphatic carbocycles. The van der Waals surface area contributed by atoms with Crippen molar-refractivity contribution in [2.45, 2.75) is 12.8 Å². The number of rotatable bonds is 7. The number of hydrogen-bond donors (Lipinski definition) is 1. The van der Waals surface area contributed by atoms with Crippen LogP contribution in [0.2, 0.25) is 10.0 Å². The van der Waals surface area contributed by atoms with Crippen molar-refractivity contribution in [2.75, 3.05) is 20.2 Å². The predicted molar refractivity (Wildman–Crippen MR) is 111 cm³/mol. The van der Waals surface area contributed by atoms with E-state index in [2.05, 4.69) is 4.98 Å². The van der Waals surface area contributed by atoms with Crippen molar-refractivity contribution >= 4 is 46.0 Å². The van der Waals surface area contributed by atoms with Gasteiger partial charge in [0.1, 0.15) is 0 Å². The molecule has 3 aromatic rings. The van der Waals surface area contributed by atoms with Crippen molar-refractivity contribution in [3.63, 3.8) is 0 Å². The van der Waals surface area contributed by atoms with Crippen LogP contribution in [-0.2, 0) is 16.0 Å². The van der Waals surface area contributed by atoms with Gasteiger partial charge in [0, 0.05) is 35.2 Å². The van der Waals surface area contributed by atoms with Crippen LogP contribution in [0.15, 0.2) is 48.7 Å². The molecule has 7 heteroatoms. The van der Waals surface area contributed by atoms with Crippen molar-refractivity contribution in [2.24, 2.45) is 0 Å². The fourth-order valence-electron chi connectivity index (χ4n) is 3.07. The molecule has 0 spiro atoms. The average molecular weight is 419 g/mol. The molecule has 0 saturated heterocycles. The number of halogens is 2. The molecule has 0 bridgehead atoms. The molecule has 0 fully saturated rings. The molecule has 1 amide bonds. The van der Waals surface area contributed by atoms with E-state index in [0.29, 0.717) is 23.6 Å². The Balaban J connectivity index is 1.79. The summed E-state index contributed by atoms with van der Waals surface area (Å²) in [6, 6.07) is 12.8. The molecule has 1 N–H and O–H groups in total. The highest BCUT2D eigenvalue weighted by Gasteiger charge is 2.20. The third-order valence-electron chi connectivity index (χ3n) is 4.59. The van der Waals surface area contributed by atoms with Crippen LogP contribution in [0, 0.1) is 0 Å². The van der Waals surface area contributed by atoms with Crippen molar-refractivity contribution in [3.8, 4) is 0 Å². The zero-order valence-corrected chi connectivity index (χ0v) is 16.9. The molecule has 3 rings (SSSR count). The molecular weight excluding hydrogens is 399 g/mol. The van der Waals surface area contributed by atoms with E-state index in [-0.39, 0.29) is 29.9 Å². The first-order valence-corrected chi connectivity index (χ1v) is 9.61. The van der Waals surface area contributed by atoms with Crippen molar-refractivity contribution < 1.29 is 14.3 Å². The van der Waals surface area contributed by atoms with Gasteiger partial charge in [-0.2, -0.15) is 0 Å². The van der Waals surface area contributed by atoms with Crippen molar-refractivity contribution in [1.82, 2.24) is 9.88 Å². The third kappa shape index (κ3) is 4.66. The topological polar surface area (TPSA) is 62.4 Å². The lowest BCUT2D eigenvalue weighted by atomic mass is 10.1. The number of nitrogens with zero attached hydrogens (tertiary/aromatic N) is 1. The summed E-state index contributed by atoms with van der Waals surface area (Å²) in [4.78, 5) is 29.5. The SMILES string of the molecule is COC(=O)CCN(CCc1c[nH]c2ccccc12)C(=O)c1ccc(Cl)cc1Cl. The molecule has 0 aliphatic heterocycles. The molecule has 28 heavy (non-hydrogen) atoms. The normalized spacial score (nSPS) is 10.8.